The molecule has 2 aromatic carbocycles. The maximum absolute atomic E-state index is 13.3. The van der Waals surface area contributed by atoms with Crippen molar-refractivity contribution >= 4 is 29.9 Å². The molecule has 0 amide bonds. The Morgan fingerprint density at radius 2 is 1.48 bits per heavy atom. The van der Waals surface area contributed by atoms with Crippen LogP contribution in [0.2, 0.25) is 0 Å². The molecule has 0 bridgehead atoms. The molecule has 0 radical (unpaired) electrons. The molecule has 0 spiro atoms. The Kier molecular flexibility index (Phi) is 12.0. The van der Waals surface area contributed by atoms with Crippen LogP contribution in [0, 0.1) is 11.8 Å². The summed E-state index contributed by atoms with van der Waals surface area (Å²) in [5.41, 5.74) is 14.2. The summed E-state index contributed by atoms with van der Waals surface area (Å²) >= 11 is 0. The number of hydrogen-bond donors (Lipinski definition) is 4. The number of rotatable bonds is 11. The van der Waals surface area contributed by atoms with Gasteiger partial charge in [0.05, 0.1) is 13.7 Å². The van der Waals surface area contributed by atoms with E-state index in [-0.39, 0.29) is 47.1 Å². The van der Waals surface area contributed by atoms with Gasteiger partial charge in [-0.1, -0.05) is 45.9 Å². The van der Waals surface area contributed by atoms with E-state index in [1.165, 1.54) is 13.2 Å². The van der Waals surface area contributed by atoms with Crippen LogP contribution in [0.5, 0.6) is 17.2 Å². The van der Waals surface area contributed by atoms with E-state index in [0.717, 1.165) is 0 Å². The number of benzene rings is 2. The normalized spacial score (nSPS) is 17.2. The van der Waals surface area contributed by atoms with Crippen molar-refractivity contribution < 1.29 is 38.8 Å². The zero-order valence-electron chi connectivity index (χ0n) is 25.8. The minimum absolute atomic E-state index is 0.0889. The Balaban J connectivity index is 1.78. The van der Waals surface area contributed by atoms with Crippen LogP contribution >= 0.6 is 0 Å². The number of aliphatic hydroxyl groups is 2. The molecule has 1 fully saturated rings. The first-order valence-corrected chi connectivity index (χ1v) is 14.6. The predicted octanol–water partition coefficient (Wildman–Crippen LogP) is 4.63. The number of esters is 2. The SMILES string of the molecule is COc1cc(/C=C/C(O)=C2\CCC/C(=C\c3ccc(OC(=O)C(N)C(C)C)c(CO)c3)C2=O)ccc1OC(=O)C(N)C(C)C. The lowest BCUT2D eigenvalue weighted by Gasteiger charge is -2.18. The van der Waals surface area contributed by atoms with Crippen LogP contribution < -0.4 is 25.7 Å². The molecule has 10 heteroatoms. The zero-order chi connectivity index (χ0) is 32.6. The van der Waals surface area contributed by atoms with Crippen molar-refractivity contribution in [2.45, 2.75) is 65.6 Å². The quantitative estimate of drug-likeness (QED) is 0.122. The number of ketones is 1. The van der Waals surface area contributed by atoms with Gasteiger partial charge in [-0.05, 0) is 78.6 Å². The van der Waals surface area contributed by atoms with E-state index in [9.17, 15) is 24.6 Å². The van der Waals surface area contributed by atoms with Crippen LogP contribution in [-0.2, 0) is 21.0 Å². The highest BCUT2D eigenvalue weighted by Crippen LogP contribution is 2.32. The van der Waals surface area contributed by atoms with Gasteiger partial charge < -0.3 is 35.9 Å². The third-order valence-corrected chi connectivity index (χ3v) is 7.37. The highest BCUT2D eigenvalue weighted by Gasteiger charge is 2.25. The maximum atomic E-state index is 13.3. The molecule has 2 aromatic rings. The number of carbonyl (C=O) groups excluding carboxylic acids is 3. The van der Waals surface area contributed by atoms with E-state index >= 15 is 0 Å². The molecular formula is C34H42N2O8. The van der Waals surface area contributed by atoms with Crippen molar-refractivity contribution in [3.05, 3.63) is 76.1 Å². The van der Waals surface area contributed by atoms with Gasteiger partial charge in [0.25, 0.3) is 0 Å². The first-order chi connectivity index (χ1) is 20.9. The van der Waals surface area contributed by atoms with Gasteiger partial charge in [0.1, 0.15) is 23.6 Å². The van der Waals surface area contributed by atoms with Gasteiger partial charge in [-0.25, -0.2) is 9.59 Å². The first-order valence-electron chi connectivity index (χ1n) is 14.6. The number of Topliss-reactive ketones (excluding diaryl/α,β-unsaturated/α-hetero) is 1. The van der Waals surface area contributed by atoms with Crippen molar-refractivity contribution in [1.29, 1.82) is 0 Å². The molecule has 44 heavy (non-hydrogen) atoms. The number of methoxy groups -OCH3 is 1. The molecule has 1 aliphatic rings. The molecular weight excluding hydrogens is 564 g/mol. The van der Waals surface area contributed by atoms with Crippen molar-refractivity contribution in [3.8, 4) is 17.2 Å². The third kappa shape index (κ3) is 8.66. The lowest BCUT2D eigenvalue weighted by Crippen LogP contribution is -2.38. The lowest BCUT2D eigenvalue weighted by molar-refractivity contribution is -0.137. The predicted molar refractivity (Wildman–Crippen MR) is 168 cm³/mol. The molecule has 2 unspecified atom stereocenters. The van der Waals surface area contributed by atoms with E-state index in [1.807, 2.05) is 27.7 Å². The number of aliphatic hydroxyl groups excluding tert-OH is 2. The number of hydrogen-bond acceptors (Lipinski definition) is 10. The summed E-state index contributed by atoms with van der Waals surface area (Å²) in [5.74, 6) is -1.04. The zero-order valence-corrected chi connectivity index (χ0v) is 25.8. The Morgan fingerprint density at radius 1 is 0.886 bits per heavy atom. The fraction of sp³-hybridized carbons (Fsp3) is 0.382. The van der Waals surface area contributed by atoms with Gasteiger partial charge in [0.15, 0.2) is 17.3 Å². The molecule has 6 N–H and O–H groups in total. The second kappa shape index (κ2) is 15.5. The van der Waals surface area contributed by atoms with Crippen LogP contribution in [0.1, 0.15) is 63.6 Å². The molecule has 10 nitrogen and oxygen atoms in total. The minimum Gasteiger partial charge on any atom is -0.508 e. The molecule has 3 rings (SSSR count). The average molecular weight is 607 g/mol. The van der Waals surface area contributed by atoms with Crippen LogP contribution in [-0.4, -0.2) is 47.1 Å². The Morgan fingerprint density at radius 3 is 2.07 bits per heavy atom. The van der Waals surface area contributed by atoms with E-state index < -0.39 is 24.0 Å². The minimum atomic E-state index is -0.796. The summed E-state index contributed by atoms with van der Waals surface area (Å²) < 4.78 is 16.2. The smallest absolute Gasteiger partial charge is 0.328 e. The van der Waals surface area contributed by atoms with Crippen molar-refractivity contribution in [3.63, 3.8) is 0 Å². The van der Waals surface area contributed by atoms with Crippen molar-refractivity contribution in [2.75, 3.05) is 7.11 Å². The van der Waals surface area contributed by atoms with Gasteiger partial charge in [-0.3, -0.25) is 4.79 Å². The van der Waals surface area contributed by atoms with Crippen LogP contribution in [0.3, 0.4) is 0 Å². The summed E-state index contributed by atoms with van der Waals surface area (Å²) in [6.07, 6.45) is 6.37. The van der Waals surface area contributed by atoms with Crippen molar-refractivity contribution in [2.24, 2.45) is 23.3 Å². The fourth-order valence-corrected chi connectivity index (χ4v) is 4.42. The summed E-state index contributed by atoms with van der Waals surface area (Å²) in [7, 11) is 1.45. The molecule has 1 aliphatic carbocycles. The lowest BCUT2D eigenvalue weighted by atomic mass is 9.87. The Bertz CT molecular complexity index is 1470. The maximum Gasteiger partial charge on any atom is 0.328 e. The number of nitrogens with two attached hydrogens (primary N) is 2. The monoisotopic (exact) mass is 606 g/mol. The highest BCUT2D eigenvalue weighted by atomic mass is 16.6. The van der Waals surface area contributed by atoms with E-state index in [2.05, 4.69) is 0 Å². The van der Waals surface area contributed by atoms with Gasteiger partial charge in [0.2, 0.25) is 0 Å². The summed E-state index contributed by atoms with van der Waals surface area (Å²) in [6.45, 7) is 6.90. The average Bonchev–Trinajstić information content (AvgIpc) is 3.00. The van der Waals surface area contributed by atoms with Gasteiger partial charge in [0, 0.05) is 16.7 Å². The second-order valence-corrected chi connectivity index (χ2v) is 11.4. The first kappa shape index (κ1) is 34.2. The molecule has 0 aromatic heterocycles. The van der Waals surface area contributed by atoms with E-state index in [1.54, 1.807) is 48.6 Å². The fourth-order valence-electron chi connectivity index (χ4n) is 4.42. The number of allylic oxidation sites excluding steroid dienone is 3. The molecule has 2 atom stereocenters. The number of ether oxygens (including phenoxy) is 3. The number of carbonyl (C=O) groups is 3. The largest absolute Gasteiger partial charge is 0.508 e. The molecule has 0 aliphatic heterocycles. The molecule has 0 heterocycles. The topological polar surface area (TPSA) is 171 Å². The second-order valence-electron chi connectivity index (χ2n) is 11.4. The molecule has 236 valence electrons. The van der Waals surface area contributed by atoms with Crippen LogP contribution in [0.4, 0.5) is 0 Å². The molecule has 1 saturated carbocycles. The molecule has 0 saturated heterocycles. The standard InChI is InChI=1S/C34H42N2O8/c1-19(2)30(35)33(40)43-27-13-11-22(16-24(27)18-37)15-23-7-6-8-25(32(23)39)26(38)12-9-21-10-14-28(29(17-21)42-5)44-34(41)31(36)20(3)4/h9-17,19-20,30-31,37-38H,6-8,18,35-36H2,1-5H3/b12-9+,23-15+,26-25-. The van der Waals surface area contributed by atoms with E-state index in [0.29, 0.717) is 47.3 Å². The van der Waals surface area contributed by atoms with Crippen LogP contribution in [0.25, 0.3) is 12.2 Å². The van der Waals surface area contributed by atoms with E-state index in [4.69, 9.17) is 25.7 Å². The Labute approximate surface area is 258 Å². The van der Waals surface area contributed by atoms with Gasteiger partial charge in [-0.2, -0.15) is 0 Å². The summed E-state index contributed by atoms with van der Waals surface area (Å²) in [5, 5.41) is 20.7. The van der Waals surface area contributed by atoms with Crippen LogP contribution in [0.15, 0.2) is 59.4 Å². The van der Waals surface area contributed by atoms with Crippen molar-refractivity contribution in [1.82, 2.24) is 0 Å². The third-order valence-electron chi connectivity index (χ3n) is 7.37. The van der Waals surface area contributed by atoms with Gasteiger partial charge in [-0.15, -0.1) is 0 Å². The highest BCUT2D eigenvalue weighted by molar-refractivity contribution is 6.12. The van der Waals surface area contributed by atoms with Gasteiger partial charge >= 0.3 is 11.9 Å². The Hall–Kier alpha value is -4.25. The summed E-state index contributed by atoms with van der Waals surface area (Å²) in [6, 6.07) is 8.23. The summed E-state index contributed by atoms with van der Waals surface area (Å²) in [4.78, 5) is 37.9.